The molecule has 1 fully saturated rings. The summed E-state index contributed by atoms with van der Waals surface area (Å²) in [5, 5.41) is 3.60. The summed E-state index contributed by atoms with van der Waals surface area (Å²) >= 11 is 0. The molecule has 0 spiro atoms. The van der Waals surface area contributed by atoms with Crippen LogP contribution in [0, 0.1) is 6.92 Å². The summed E-state index contributed by atoms with van der Waals surface area (Å²) in [7, 11) is -2.04. The number of pyridine rings is 1. The van der Waals surface area contributed by atoms with Crippen molar-refractivity contribution in [3.8, 4) is 0 Å². The van der Waals surface area contributed by atoms with Gasteiger partial charge < -0.3 is 10.2 Å². The largest absolute Gasteiger partial charge is 0.382 e. The van der Waals surface area contributed by atoms with Crippen LogP contribution in [0.4, 0.5) is 11.5 Å². The van der Waals surface area contributed by atoms with Gasteiger partial charge in [0, 0.05) is 31.0 Å². The standard InChI is InChI=1S/C18H24N4O2S/c1-14-4-3-5-16(12-14)21-15-8-10-22(11-9-15)18-7-6-17(13-20-18)25(23,24)19-2/h3-7,12-13,15,19,21H,8-11H2,1-2H3. The topological polar surface area (TPSA) is 74.3 Å². The number of sulfonamides is 1. The molecule has 0 amide bonds. The Bertz CT molecular complexity index is 813. The van der Waals surface area contributed by atoms with Gasteiger partial charge in [0.1, 0.15) is 10.7 Å². The van der Waals surface area contributed by atoms with Gasteiger partial charge in [0.15, 0.2) is 0 Å². The number of nitrogens with zero attached hydrogens (tertiary/aromatic N) is 2. The quantitative estimate of drug-likeness (QED) is 0.856. The summed E-state index contributed by atoms with van der Waals surface area (Å²) < 4.78 is 25.8. The number of rotatable bonds is 5. The maximum absolute atomic E-state index is 11.8. The second kappa shape index (κ2) is 7.41. The normalized spacial score (nSPS) is 16.0. The summed E-state index contributed by atoms with van der Waals surface area (Å²) in [6.07, 6.45) is 3.45. The highest BCUT2D eigenvalue weighted by Gasteiger charge is 2.21. The van der Waals surface area contributed by atoms with E-state index in [0.29, 0.717) is 6.04 Å². The Morgan fingerprint density at radius 3 is 2.52 bits per heavy atom. The molecule has 0 radical (unpaired) electrons. The summed E-state index contributed by atoms with van der Waals surface area (Å²) in [5.41, 5.74) is 2.42. The van der Waals surface area contributed by atoms with Crippen molar-refractivity contribution in [3.63, 3.8) is 0 Å². The van der Waals surface area contributed by atoms with Crippen molar-refractivity contribution in [2.45, 2.75) is 30.7 Å². The molecular weight excluding hydrogens is 336 g/mol. The highest BCUT2D eigenvalue weighted by molar-refractivity contribution is 7.89. The van der Waals surface area contributed by atoms with E-state index in [1.165, 1.54) is 24.5 Å². The van der Waals surface area contributed by atoms with Crippen molar-refractivity contribution in [1.29, 1.82) is 0 Å². The van der Waals surface area contributed by atoms with Crippen LogP contribution in [0.15, 0.2) is 47.5 Å². The lowest BCUT2D eigenvalue weighted by molar-refractivity contribution is 0.523. The SMILES string of the molecule is CNS(=O)(=O)c1ccc(N2CCC(Nc3cccc(C)c3)CC2)nc1. The maximum Gasteiger partial charge on any atom is 0.241 e. The van der Waals surface area contributed by atoms with E-state index in [-0.39, 0.29) is 4.90 Å². The molecule has 134 valence electrons. The average molecular weight is 360 g/mol. The lowest BCUT2D eigenvalue weighted by Gasteiger charge is -2.33. The molecule has 0 atom stereocenters. The fourth-order valence-electron chi connectivity index (χ4n) is 3.06. The van der Waals surface area contributed by atoms with Crippen LogP contribution in [0.25, 0.3) is 0 Å². The van der Waals surface area contributed by atoms with Crippen molar-refractivity contribution >= 4 is 21.5 Å². The molecule has 0 saturated carbocycles. The Balaban J connectivity index is 1.59. The first-order chi connectivity index (χ1) is 12.0. The first kappa shape index (κ1) is 17.7. The minimum absolute atomic E-state index is 0.190. The van der Waals surface area contributed by atoms with E-state index in [2.05, 4.69) is 51.1 Å². The van der Waals surface area contributed by atoms with Gasteiger partial charge in [0.05, 0.1) is 0 Å². The highest BCUT2D eigenvalue weighted by Crippen LogP contribution is 2.22. The molecule has 2 heterocycles. The van der Waals surface area contributed by atoms with Gasteiger partial charge in [-0.15, -0.1) is 0 Å². The minimum atomic E-state index is -3.43. The number of anilines is 2. The second-order valence-electron chi connectivity index (χ2n) is 6.33. The monoisotopic (exact) mass is 360 g/mol. The fraction of sp³-hybridized carbons (Fsp3) is 0.389. The third-order valence-electron chi connectivity index (χ3n) is 4.51. The third-order valence-corrected chi connectivity index (χ3v) is 5.91. The number of hydrogen-bond acceptors (Lipinski definition) is 5. The van der Waals surface area contributed by atoms with Gasteiger partial charge in [0.25, 0.3) is 0 Å². The minimum Gasteiger partial charge on any atom is -0.382 e. The van der Waals surface area contributed by atoms with Gasteiger partial charge in [-0.25, -0.2) is 18.1 Å². The Labute approximate surface area is 149 Å². The van der Waals surface area contributed by atoms with Crippen LogP contribution in [-0.2, 0) is 10.0 Å². The summed E-state index contributed by atoms with van der Waals surface area (Å²) in [6, 6.07) is 12.2. The van der Waals surface area contributed by atoms with Crippen LogP contribution in [0.2, 0.25) is 0 Å². The molecule has 7 heteroatoms. The predicted octanol–water partition coefficient (Wildman–Crippen LogP) is 2.38. The van der Waals surface area contributed by atoms with Crippen molar-refractivity contribution in [1.82, 2.24) is 9.71 Å². The van der Waals surface area contributed by atoms with Crippen LogP contribution in [0.3, 0.4) is 0 Å². The molecule has 1 aromatic heterocycles. The van der Waals surface area contributed by atoms with Crippen LogP contribution in [-0.4, -0.2) is 39.6 Å². The Hall–Kier alpha value is -2.12. The highest BCUT2D eigenvalue weighted by atomic mass is 32.2. The fourth-order valence-corrected chi connectivity index (χ4v) is 3.73. The number of aromatic nitrogens is 1. The number of nitrogens with one attached hydrogen (secondary N) is 2. The van der Waals surface area contributed by atoms with E-state index >= 15 is 0 Å². The number of benzene rings is 1. The zero-order chi connectivity index (χ0) is 17.9. The molecule has 1 aliphatic rings. The number of hydrogen-bond donors (Lipinski definition) is 2. The Morgan fingerprint density at radius 1 is 1.16 bits per heavy atom. The first-order valence-corrected chi connectivity index (χ1v) is 9.94. The van der Waals surface area contributed by atoms with E-state index in [1.807, 2.05) is 0 Å². The van der Waals surface area contributed by atoms with Gasteiger partial charge >= 0.3 is 0 Å². The molecule has 3 rings (SSSR count). The van der Waals surface area contributed by atoms with E-state index in [0.717, 1.165) is 31.7 Å². The molecule has 2 N–H and O–H groups in total. The van der Waals surface area contributed by atoms with Crippen molar-refractivity contribution in [2.24, 2.45) is 0 Å². The van der Waals surface area contributed by atoms with Gasteiger partial charge in [0.2, 0.25) is 10.0 Å². The van der Waals surface area contributed by atoms with Crippen molar-refractivity contribution in [3.05, 3.63) is 48.2 Å². The molecule has 0 unspecified atom stereocenters. The Morgan fingerprint density at radius 2 is 1.92 bits per heavy atom. The van der Waals surface area contributed by atoms with E-state index in [1.54, 1.807) is 12.1 Å². The molecule has 1 saturated heterocycles. The first-order valence-electron chi connectivity index (χ1n) is 8.46. The smallest absolute Gasteiger partial charge is 0.241 e. The Kier molecular flexibility index (Phi) is 5.24. The summed E-state index contributed by atoms with van der Waals surface area (Å²) in [5.74, 6) is 0.823. The predicted molar refractivity (Wildman–Crippen MR) is 101 cm³/mol. The number of aryl methyl sites for hydroxylation is 1. The molecule has 1 aromatic carbocycles. The zero-order valence-electron chi connectivity index (χ0n) is 14.6. The molecule has 1 aliphatic heterocycles. The zero-order valence-corrected chi connectivity index (χ0v) is 15.4. The van der Waals surface area contributed by atoms with Crippen LogP contribution in [0.5, 0.6) is 0 Å². The summed E-state index contributed by atoms with van der Waals surface area (Å²) in [6.45, 7) is 3.89. The van der Waals surface area contributed by atoms with Crippen LogP contribution < -0.4 is 14.9 Å². The van der Waals surface area contributed by atoms with Gasteiger partial charge in [-0.3, -0.25) is 0 Å². The molecule has 25 heavy (non-hydrogen) atoms. The molecule has 0 bridgehead atoms. The van der Waals surface area contributed by atoms with Gasteiger partial charge in [-0.2, -0.15) is 0 Å². The van der Waals surface area contributed by atoms with E-state index in [9.17, 15) is 8.42 Å². The van der Waals surface area contributed by atoms with Crippen molar-refractivity contribution < 1.29 is 8.42 Å². The van der Waals surface area contributed by atoms with Gasteiger partial charge in [-0.05, 0) is 56.6 Å². The average Bonchev–Trinajstić information content (AvgIpc) is 2.62. The second-order valence-corrected chi connectivity index (χ2v) is 8.22. The van der Waals surface area contributed by atoms with Crippen LogP contribution in [0.1, 0.15) is 18.4 Å². The van der Waals surface area contributed by atoms with Crippen molar-refractivity contribution in [2.75, 3.05) is 30.4 Å². The molecule has 0 aliphatic carbocycles. The maximum atomic E-state index is 11.8. The molecule has 2 aromatic rings. The lowest BCUT2D eigenvalue weighted by atomic mass is 10.0. The lowest BCUT2D eigenvalue weighted by Crippen LogP contribution is -2.39. The molecular formula is C18H24N4O2S. The van der Waals surface area contributed by atoms with Crippen LogP contribution >= 0.6 is 0 Å². The summed E-state index contributed by atoms with van der Waals surface area (Å²) in [4.78, 5) is 6.71. The van der Waals surface area contributed by atoms with Gasteiger partial charge in [-0.1, -0.05) is 12.1 Å². The number of piperidine rings is 1. The van der Waals surface area contributed by atoms with E-state index in [4.69, 9.17) is 0 Å². The van der Waals surface area contributed by atoms with E-state index < -0.39 is 10.0 Å². The third kappa shape index (κ3) is 4.29. The molecule has 6 nitrogen and oxygen atoms in total.